The number of piperazine rings is 1. The minimum absolute atomic E-state index is 0.0798. The molecule has 0 aromatic rings. The Kier molecular flexibility index (Phi) is 4.59. The van der Waals surface area contributed by atoms with Crippen molar-refractivity contribution < 1.29 is 18.0 Å². The molecule has 0 atom stereocenters. The molecule has 0 aromatic heterocycles. The largest absolute Gasteiger partial charge is 0.401 e. The molecule has 1 saturated carbocycles. The number of carbonyl (C=O) groups excluding carboxylic acids is 1. The molecule has 2 N–H and O–H groups in total. The highest BCUT2D eigenvalue weighted by Crippen LogP contribution is 2.28. The lowest BCUT2D eigenvalue weighted by Gasteiger charge is -2.41. The van der Waals surface area contributed by atoms with Crippen LogP contribution in [-0.4, -0.2) is 60.1 Å². The fourth-order valence-electron chi connectivity index (χ4n) is 3.07. The lowest BCUT2D eigenvalue weighted by atomic mass is 9.81. The first kappa shape index (κ1) is 15.6. The number of halogens is 3. The van der Waals surface area contributed by atoms with Gasteiger partial charge in [0.2, 0.25) is 5.91 Å². The van der Waals surface area contributed by atoms with E-state index in [0.717, 1.165) is 19.3 Å². The minimum Gasteiger partial charge on any atom is -0.339 e. The van der Waals surface area contributed by atoms with Crippen LogP contribution in [0.3, 0.4) is 0 Å². The van der Waals surface area contributed by atoms with Gasteiger partial charge in [-0.15, -0.1) is 0 Å². The second-order valence-corrected chi connectivity index (χ2v) is 5.90. The lowest BCUT2D eigenvalue weighted by Crippen LogP contribution is -2.60. The van der Waals surface area contributed by atoms with Gasteiger partial charge in [0.05, 0.1) is 12.1 Å². The highest BCUT2D eigenvalue weighted by Gasteiger charge is 2.40. The molecule has 1 amide bonds. The summed E-state index contributed by atoms with van der Waals surface area (Å²) >= 11 is 0. The van der Waals surface area contributed by atoms with Crippen LogP contribution in [0.4, 0.5) is 13.2 Å². The first-order valence-corrected chi connectivity index (χ1v) is 7.18. The van der Waals surface area contributed by atoms with E-state index in [1.165, 1.54) is 4.90 Å². The Hall–Kier alpha value is -0.820. The Morgan fingerprint density at radius 2 is 1.60 bits per heavy atom. The van der Waals surface area contributed by atoms with Crippen LogP contribution in [0, 0.1) is 0 Å². The fourth-order valence-corrected chi connectivity index (χ4v) is 3.07. The molecule has 1 saturated heterocycles. The van der Waals surface area contributed by atoms with Crippen molar-refractivity contribution in [2.75, 3.05) is 32.7 Å². The second kappa shape index (κ2) is 5.89. The Morgan fingerprint density at radius 3 is 2.10 bits per heavy atom. The molecule has 0 radical (unpaired) electrons. The molecule has 20 heavy (non-hydrogen) atoms. The van der Waals surface area contributed by atoms with E-state index in [0.29, 0.717) is 25.9 Å². The number of carbonyl (C=O) groups is 1. The number of hydrogen-bond donors (Lipinski definition) is 1. The topological polar surface area (TPSA) is 49.6 Å². The predicted octanol–water partition coefficient (Wildman–Crippen LogP) is 1.35. The van der Waals surface area contributed by atoms with Gasteiger partial charge in [0.1, 0.15) is 0 Å². The average Bonchev–Trinajstić information content (AvgIpc) is 2.38. The van der Waals surface area contributed by atoms with Gasteiger partial charge in [-0.25, -0.2) is 0 Å². The van der Waals surface area contributed by atoms with Gasteiger partial charge in [0.15, 0.2) is 0 Å². The van der Waals surface area contributed by atoms with Crippen molar-refractivity contribution in [3.63, 3.8) is 0 Å². The smallest absolute Gasteiger partial charge is 0.339 e. The molecule has 2 fully saturated rings. The summed E-state index contributed by atoms with van der Waals surface area (Å²) in [5.41, 5.74) is 5.40. The molecule has 116 valence electrons. The van der Waals surface area contributed by atoms with E-state index in [1.54, 1.807) is 4.90 Å². The molecule has 2 rings (SSSR count). The van der Waals surface area contributed by atoms with Crippen molar-refractivity contribution in [2.24, 2.45) is 5.73 Å². The maximum atomic E-state index is 12.4. The van der Waals surface area contributed by atoms with E-state index in [1.807, 2.05) is 0 Å². The quantitative estimate of drug-likeness (QED) is 0.836. The standard InChI is InChI=1S/C13H22F3N3O/c14-13(15,16)10-18-6-8-19(9-7-18)11(20)12(17)4-2-1-3-5-12/h1-10,17H2. The van der Waals surface area contributed by atoms with Crippen LogP contribution in [0.1, 0.15) is 32.1 Å². The molecule has 0 aromatic carbocycles. The number of rotatable bonds is 2. The third-order valence-corrected chi connectivity index (χ3v) is 4.23. The maximum Gasteiger partial charge on any atom is 0.401 e. The molecule has 4 nitrogen and oxygen atoms in total. The molecule has 1 heterocycles. The number of hydrogen-bond acceptors (Lipinski definition) is 3. The molecule has 1 aliphatic carbocycles. The van der Waals surface area contributed by atoms with Crippen molar-refractivity contribution in [1.29, 1.82) is 0 Å². The summed E-state index contributed by atoms with van der Waals surface area (Å²) in [6.07, 6.45) is 0.214. The normalized spacial score (nSPS) is 24.7. The van der Waals surface area contributed by atoms with Crippen LogP contribution in [0.15, 0.2) is 0 Å². The molecular formula is C13H22F3N3O. The van der Waals surface area contributed by atoms with Crippen molar-refractivity contribution in [2.45, 2.75) is 43.8 Å². The highest BCUT2D eigenvalue weighted by molar-refractivity contribution is 5.86. The highest BCUT2D eigenvalue weighted by atomic mass is 19.4. The van der Waals surface area contributed by atoms with Gasteiger partial charge in [0.25, 0.3) is 0 Å². The number of nitrogens with zero attached hydrogens (tertiary/aromatic N) is 2. The molecule has 0 spiro atoms. The summed E-state index contributed by atoms with van der Waals surface area (Å²) in [4.78, 5) is 15.4. The summed E-state index contributed by atoms with van der Waals surface area (Å²) in [6, 6.07) is 0. The number of amides is 1. The van der Waals surface area contributed by atoms with Crippen LogP contribution in [-0.2, 0) is 4.79 Å². The molecule has 7 heteroatoms. The summed E-state index contributed by atoms with van der Waals surface area (Å²) in [7, 11) is 0. The van der Waals surface area contributed by atoms with Crippen molar-refractivity contribution in [3.8, 4) is 0 Å². The van der Waals surface area contributed by atoms with E-state index in [9.17, 15) is 18.0 Å². The van der Waals surface area contributed by atoms with Crippen LogP contribution < -0.4 is 5.73 Å². The molecule has 0 unspecified atom stereocenters. The Labute approximate surface area is 117 Å². The summed E-state index contributed by atoms with van der Waals surface area (Å²) in [5, 5.41) is 0. The zero-order chi connectivity index (χ0) is 14.8. The van der Waals surface area contributed by atoms with Crippen LogP contribution in [0.5, 0.6) is 0 Å². The molecule has 1 aliphatic heterocycles. The van der Waals surface area contributed by atoms with Gasteiger partial charge in [-0.1, -0.05) is 19.3 Å². The van der Waals surface area contributed by atoms with E-state index in [-0.39, 0.29) is 19.0 Å². The summed E-state index contributed by atoms with van der Waals surface area (Å²) < 4.78 is 36.9. The third-order valence-electron chi connectivity index (χ3n) is 4.23. The van der Waals surface area contributed by atoms with E-state index in [2.05, 4.69) is 0 Å². The Bertz CT molecular complexity index is 345. The SMILES string of the molecule is NC1(C(=O)N2CCN(CC(F)(F)F)CC2)CCCCC1. The molecule has 0 bridgehead atoms. The first-order chi connectivity index (χ1) is 9.30. The predicted molar refractivity (Wildman–Crippen MR) is 69.1 cm³/mol. The van der Waals surface area contributed by atoms with Crippen LogP contribution in [0.25, 0.3) is 0 Å². The fraction of sp³-hybridized carbons (Fsp3) is 0.923. The maximum absolute atomic E-state index is 12.4. The zero-order valence-corrected chi connectivity index (χ0v) is 11.6. The van der Waals surface area contributed by atoms with Gasteiger partial charge in [-0.05, 0) is 12.8 Å². The van der Waals surface area contributed by atoms with Gasteiger partial charge in [-0.2, -0.15) is 13.2 Å². The lowest BCUT2D eigenvalue weighted by molar-refractivity contribution is -0.153. The Morgan fingerprint density at radius 1 is 1.05 bits per heavy atom. The summed E-state index contributed by atoms with van der Waals surface area (Å²) in [6.45, 7) is 0.313. The zero-order valence-electron chi connectivity index (χ0n) is 11.6. The van der Waals surface area contributed by atoms with E-state index >= 15 is 0 Å². The van der Waals surface area contributed by atoms with Crippen molar-refractivity contribution in [1.82, 2.24) is 9.80 Å². The van der Waals surface area contributed by atoms with Gasteiger partial charge in [-0.3, -0.25) is 9.69 Å². The van der Waals surface area contributed by atoms with Crippen LogP contribution >= 0.6 is 0 Å². The van der Waals surface area contributed by atoms with Gasteiger partial charge in [0, 0.05) is 26.2 Å². The van der Waals surface area contributed by atoms with Crippen molar-refractivity contribution >= 4 is 5.91 Å². The minimum atomic E-state index is -4.18. The first-order valence-electron chi connectivity index (χ1n) is 7.18. The van der Waals surface area contributed by atoms with E-state index in [4.69, 9.17) is 5.73 Å². The third kappa shape index (κ3) is 3.85. The van der Waals surface area contributed by atoms with Gasteiger partial charge < -0.3 is 10.6 Å². The monoisotopic (exact) mass is 293 g/mol. The van der Waals surface area contributed by atoms with Crippen LogP contribution in [0.2, 0.25) is 0 Å². The van der Waals surface area contributed by atoms with Crippen molar-refractivity contribution in [3.05, 3.63) is 0 Å². The number of nitrogens with two attached hydrogens (primary N) is 1. The summed E-state index contributed by atoms with van der Waals surface area (Å²) in [5.74, 6) is -0.0798. The van der Waals surface area contributed by atoms with Gasteiger partial charge >= 0.3 is 6.18 Å². The molecular weight excluding hydrogens is 271 g/mol. The molecule has 2 aliphatic rings. The Balaban J connectivity index is 1.85. The van der Waals surface area contributed by atoms with E-state index < -0.39 is 18.3 Å². The number of alkyl halides is 3. The second-order valence-electron chi connectivity index (χ2n) is 5.90. The average molecular weight is 293 g/mol.